The maximum absolute atomic E-state index is 9.74. The van der Waals surface area contributed by atoms with Gasteiger partial charge in [-0.2, -0.15) is 0 Å². The highest BCUT2D eigenvalue weighted by Gasteiger charge is 2.03. The molecule has 2 rings (SSSR count). The summed E-state index contributed by atoms with van der Waals surface area (Å²) in [5, 5.41) is 13.0. The minimum atomic E-state index is 0.253. The van der Waals surface area contributed by atoms with Crippen molar-refractivity contribution >= 4 is 0 Å². The number of ether oxygens (including phenoxy) is 1. The van der Waals surface area contributed by atoms with E-state index in [-0.39, 0.29) is 5.75 Å². The maximum Gasteiger partial charge on any atom is 0.120 e. The number of methoxy groups -OCH3 is 1. The highest BCUT2D eigenvalue weighted by Crippen LogP contribution is 2.22. The molecule has 1 heterocycles. The Morgan fingerprint density at radius 3 is 2.74 bits per heavy atom. The van der Waals surface area contributed by atoms with Crippen molar-refractivity contribution in [2.75, 3.05) is 7.11 Å². The van der Waals surface area contributed by atoms with E-state index >= 15 is 0 Å². The summed E-state index contributed by atoms with van der Waals surface area (Å²) in [5.74, 6) is 0.980. The molecular weight excluding hydrogens is 242 g/mol. The van der Waals surface area contributed by atoms with E-state index in [0.717, 1.165) is 22.7 Å². The molecule has 0 aliphatic carbocycles. The van der Waals surface area contributed by atoms with Gasteiger partial charge in [0.1, 0.15) is 11.5 Å². The van der Waals surface area contributed by atoms with E-state index in [9.17, 15) is 5.11 Å². The number of benzene rings is 1. The molecule has 0 aliphatic heterocycles. The van der Waals surface area contributed by atoms with Gasteiger partial charge in [0.15, 0.2) is 0 Å². The third kappa shape index (κ3) is 3.66. The molecule has 0 saturated heterocycles. The number of aromatic hydroxyl groups is 1. The first-order valence-electron chi connectivity index (χ1n) is 6.03. The first kappa shape index (κ1) is 13.3. The highest BCUT2D eigenvalue weighted by atomic mass is 16.5. The molecule has 0 spiro atoms. The summed E-state index contributed by atoms with van der Waals surface area (Å²) in [6.45, 7) is 3.04. The summed E-state index contributed by atoms with van der Waals surface area (Å²) in [4.78, 5) is 8.43. The van der Waals surface area contributed by atoms with Gasteiger partial charge in [-0.05, 0) is 25.1 Å². The number of hydrogen-bond donors (Lipinski definition) is 2. The van der Waals surface area contributed by atoms with E-state index in [4.69, 9.17) is 4.74 Å². The molecule has 2 N–H and O–H groups in total. The number of nitrogens with zero attached hydrogens (tertiary/aromatic N) is 2. The van der Waals surface area contributed by atoms with Crippen LogP contribution in [-0.2, 0) is 13.1 Å². The Morgan fingerprint density at radius 2 is 2.05 bits per heavy atom. The predicted octanol–water partition coefficient (Wildman–Crippen LogP) is 1.79. The van der Waals surface area contributed by atoms with Crippen molar-refractivity contribution in [1.82, 2.24) is 15.3 Å². The Bertz CT molecular complexity index is 541. The van der Waals surface area contributed by atoms with Crippen LogP contribution in [0.1, 0.15) is 17.0 Å². The number of nitrogens with one attached hydrogen (secondary N) is 1. The van der Waals surface area contributed by atoms with Crippen LogP contribution in [0, 0.1) is 6.92 Å². The van der Waals surface area contributed by atoms with E-state index in [2.05, 4.69) is 15.3 Å². The highest BCUT2D eigenvalue weighted by molar-refractivity contribution is 5.39. The van der Waals surface area contributed by atoms with Gasteiger partial charge in [0, 0.05) is 31.0 Å². The standard InChI is InChI=1S/C14H17N3O2/c1-10-6-17-12(9-16-10)8-15-7-11-5-13(19-2)3-4-14(11)18/h3-6,9,15,18H,7-8H2,1-2H3. The number of aromatic nitrogens is 2. The monoisotopic (exact) mass is 259 g/mol. The zero-order valence-corrected chi connectivity index (χ0v) is 11.1. The van der Waals surface area contributed by atoms with Crippen LogP contribution in [0.2, 0.25) is 0 Å². The molecule has 0 radical (unpaired) electrons. The fourth-order valence-corrected chi connectivity index (χ4v) is 1.67. The Balaban J connectivity index is 1.93. The smallest absolute Gasteiger partial charge is 0.120 e. The molecule has 100 valence electrons. The predicted molar refractivity (Wildman–Crippen MR) is 72.0 cm³/mol. The lowest BCUT2D eigenvalue weighted by atomic mass is 10.2. The molecule has 0 bridgehead atoms. The Hall–Kier alpha value is -2.14. The number of hydrogen-bond acceptors (Lipinski definition) is 5. The second-order valence-electron chi connectivity index (χ2n) is 4.25. The largest absolute Gasteiger partial charge is 0.508 e. The van der Waals surface area contributed by atoms with Crippen molar-refractivity contribution in [3.05, 3.63) is 47.5 Å². The Kier molecular flexibility index (Phi) is 4.30. The van der Waals surface area contributed by atoms with Gasteiger partial charge in [0.25, 0.3) is 0 Å². The van der Waals surface area contributed by atoms with Crippen LogP contribution in [0.4, 0.5) is 0 Å². The van der Waals surface area contributed by atoms with Gasteiger partial charge in [-0.25, -0.2) is 0 Å². The minimum Gasteiger partial charge on any atom is -0.508 e. The number of rotatable bonds is 5. The van der Waals surface area contributed by atoms with Gasteiger partial charge in [-0.3, -0.25) is 9.97 Å². The van der Waals surface area contributed by atoms with E-state index in [0.29, 0.717) is 13.1 Å². The average molecular weight is 259 g/mol. The van der Waals surface area contributed by atoms with E-state index in [1.54, 1.807) is 31.6 Å². The number of phenolic OH excluding ortho intramolecular Hbond substituents is 1. The quantitative estimate of drug-likeness (QED) is 0.857. The molecule has 0 amide bonds. The van der Waals surface area contributed by atoms with Crippen molar-refractivity contribution in [2.24, 2.45) is 0 Å². The van der Waals surface area contributed by atoms with Gasteiger partial charge in [-0.15, -0.1) is 0 Å². The zero-order chi connectivity index (χ0) is 13.7. The number of aryl methyl sites for hydroxylation is 1. The second kappa shape index (κ2) is 6.15. The fourth-order valence-electron chi connectivity index (χ4n) is 1.67. The van der Waals surface area contributed by atoms with Gasteiger partial charge in [0.05, 0.1) is 18.5 Å². The molecule has 19 heavy (non-hydrogen) atoms. The third-order valence-corrected chi connectivity index (χ3v) is 2.74. The third-order valence-electron chi connectivity index (χ3n) is 2.74. The van der Waals surface area contributed by atoms with Crippen LogP contribution < -0.4 is 10.1 Å². The summed E-state index contributed by atoms with van der Waals surface area (Å²) >= 11 is 0. The molecule has 2 aromatic rings. The molecule has 1 aromatic heterocycles. The summed E-state index contributed by atoms with van der Waals surface area (Å²) in [6.07, 6.45) is 3.48. The molecule has 0 saturated carbocycles. The van der Waals surface area contributed by atoms with Crippen molar-refractivity contribution in [3.8, 4) is 11.5 Å². The number of phenols is 1. The molecule has 0 unspecified atom stereocenters. The summed E-state index contributed by atoms with van der Waals surface area (Å²) in [6, 6.07) is 5.16. The van der Waals surface area contributed by atoms with Crippen LogP contribution in [-0.4, -0.2) is 22.2 Å². The molecular formula is C14H17N3O2. The fraction of sp³-hybridized carbons (Fsp3) is 0.286. The first-order chi connectivity index (χ1) is 9.19. The molecule has 5 nitrogen and oxygen atoms in total. The summed E-state index contributed by atoms with van der Waals surface area (Å²) < 4.78 is 5.13. The van der Waals surface area contributed by atoms with Gasteiger partial charge in [-0.1, -0.05) is 0 Å². The van der Waals surface area contributed by atoms with Crippen LogP contribution in [0.25, 0.3) is 0 Å². The van der Waals surface area contributed by atoms with E-state index < -0.39 is 0 Å². The van der Waals surface area contributed by atoms with Gasteiger partial charge >= 0.3 is 0 Å². The van der Waals surface area contributed by atoms with Crippen LogP contribution in [0.15, 0.2) is 30.6 Å². The Morgan fingerprint density at radius 1 is 1.21 bits per heavy atom. The maximum atomic E-state index is 9.74. The van der Waals surface area contributed by atoms with Crippen LogP contribution in [0.3, 0.4) is 0 Å². The van der Waals surface area contributed by atoms with Crippen LogP contribution >= 0.6 is 0 Å². The molecule has 0 atom stereocenters. The lowest BCUT2D eigenvalue weighted by molar-refractivity contribution is 0.410. The van der Waals surface area contributed by atoms with Crippen LogP contribution in [0.5, 0.6) is 11.5 Å². The molecule has 0 fully saturated rings. The van der Waals surface area contributed by atoms with Gasteiger partial charge < -0.3 is 15.2 Å². The van der Waals surface area contributed by atoms with Crippen molar-refractivity contribution in [1.29, 1.82) is 0 Å². The van der Waals surface area contributed by atoms with Crippen molar-refractivity contribution < 1.29 is 9.84 Å². The zero-order valence-electron chi connectivity index (χ0n) is 11.1. The normalized spacial score (nSPS) is 10.4. The van der Waals surface area contributed by atoms with E-state index in [1.807, 2.05) is 13.0 Å². The molecule has 5 heteroatoms. The topological polar surface area (TPSA) is 67.3 Å². The SMILES string of the molecule is COc1ccc(O)c(CNCc2cnc(C)cn2)c1. The van der Waals surface area contributed by atoms with Gasteiger partial charge in [0.2, 0.25) is 0 Å². The summed E-state index contributed by atoms with van der Waals surface area (Å²) in [7, 11) is 1.60. The lowest BCUT2D eigenvalue weighted by Crippen LogP contribution is -2.14. The minimum absolute atomic E-state index is 0.253. The summed E-state index contributed by atoms with van der Waals surface area (Å²) in [5.41, 5.74) is 2.56. The lowest BCUT2D eigenvalue weighted by Gasteiger charge is -2.08. The van der Waals surface area contributed by atoms with E-state index in [1.165, 1.54) is 0 Å². The molecule has 0 aliphatic rings. The van der Waals surface area contributed by atoms with Crippen molar-refractivity contribution in [3.63, 3.8) is 0 Å². The second-order valence-corrected chi connectivity index (χ2v) is 4.25. The first-order valence-corrected chi connectivity index (χ1v) is 6.03. The molecule has 1 aromatic carbocycles. The average Bonchev–Trinajstić information content (AvgIpc) is 2.43. The van der Waals surface area contributed by atoms with Crippen molar-refractivity contribution in [2.45, 2.75) is 20.0 Å². The Labute approximate surface area is 112 Å².